The van der Waals surface area contributed by atoms with E-state index in [1.807, 2.05) is 12.1 Å². The van der Waals surface area contributed by atoms with Crippen LogP contribution < -0.4 is 0 Å². The monoisotopic (exact) mass is 394 g/mol. The second-order valence-corrected chi connectivity index (χ2v) is 6.31. The maximum atomic E-state index is 9.30. The minimum atomic E-state index is 0.708. The average Bonchev–Trinajstić information content (AvgIpc) is 2.90. The lowest BCUT2D eigenvalue weighted by Gasteiger charge is -2.08. The van der Waals surface area contributed by atoms with Gasteiger partial charge >= 0.3 is 0 Å². The predicted octanol–water partition coefficient (Wildman–Crippen LogP) is 5.26. The third-order valence-corrected chi connectivity index (χ3v) is 4.85. The molecule has 1 heterocycles. The number of hydrogen-bond acceptors (Lipinski definition) is 1. The molecule has 4 aromatic rings. The van der Waals surface area contributed by atoms with Gasteiger partial charge in [-0.25, -0.2) is 0 Å². The second-order valence-electron chi connectivity index (χ2n) is 5.15. The lowest BCUT2D eigenvalue weighted by molar-refractivity contribution is 1.17. The molecule has 104 valence electrons. The molecule has 0 aliphatic carbocycles. The number of aromatic nitrogens is 1. The van der Waals surface area contributed by atoms with Gasteiger partial charge in [0.15, 0.2) is 0 Å². The highest BCUT2D eigenvalue weighted by atomic mass is 127. The number of hydrogen-bond donors (Lipinski definition) is 0. The Morgan fingerprint density at radius 2 is 1.41 bits per heavy atom. The highest BCUT2D eigenvalue weighted by molar-refractivity contribution is 14.1. The summed E-state index contributed by atoms with van der Waals surface area (Å²) in [7, 11) is 0. The van der Waals surface area contributed by atoms with Crippen LogP contribution in [0.2, 0.25) is 0 Å². The lowest BCUT2D eigenvalue weighted by Crippen LogP contribution is -1.95. The smallest absolute Gasteiger partial charge is 0.100 e. The van der Waals surface area contributed by atoms with Crippen molar-refractivity contribution in [2.24, 2.45) is 0 Å². The summed E-state index contributed by atoms with van der Waals surface area (Å²) in [5.74, 6) is 0. The quantitative estimate of drug-likeness (QED) is 0.405. The summed E-state index contributed by atoms with van der Waals surface area (Å²) < 4.78 is 3.20. The highest BCUT2D eigenvalue weighted by Crippen LogP contribution is 2.32. The number of para-hydroxylation sites is 2. The Hall–Kier alpha value is -2.32. The minimum absolute atomic E-state index is 0.708. The van der Waals surface area contributed by atoms with Gasteiger partial charge in [-0.05, 0) is 52.9 Å². The van der Waals surface area contributed by atoms with E-state index >= 15 is 0 Å². The number of nitriles is 1. The van der Waals surface area contributed by atoms with E-state index in [1.165, 1.54) is 10.8 Å². The Morgan fingerprint density at radius 3 is 2.00 bits per heavy atom. The van der Waals surface area contributed by atoms with Gasteiger partial charge in [0.2, 0.25) is 0 Å². The summed E-state index contributed by atoms with van der Waals surface area (Å²) in [6.07, 6.45) is 0. The van der Waals surface area contributed by atoms with Crippen LogP contribution in [0.25, 0.3) is 27.5 Å². The molecule has 1 aromatic heterocycles. The maximum Gasteiger partial charge on any atom is 0.100 e. The van der Waals surface area contributed by atoms with Gasteiger partial charge in [0, 0.05) is 20.0 Å². The van der Waals surface area contributed by atoms with Crippen molar-refractivity contribution in [3.05, 3.63) is 75.9 Å². The molecule has 0 spiro atoms. The van der Waals surface area contributed by atoms with Gasteiger partial charge in [-0.15, -0.1) is 0 Å². The van der Waals surface area contributed by atoms with Gasteiger partial charge in [-0.2, -0.15) is 5.26 Å². The Labute approximate surface area is 141 Å². The van der Waals surface area contributed by atoms with Crippen LogP contribution in [-0.2, 0) is 0 Å². The van der Waals surface area contributed by atoms with Gasteiger partial charge in [0.1, 0.15) is 6.07 Å². The van der Waals surface area contributed by atoms with Crippen molar-refractivity contribution in [2.75, 3.05) is 0 Å². The third kappa shape index (κ3) is 1.92. The van der Waals surface area contributed by atoms with Crippen molar-refractivity contribution in [1.82, 2.24) is 4.57 Å². The molecule has 0 saturated carbocycles. The fraction of sp³-hybridized carbons (Fsp3) is 0. The maximum absolute atomic E-state index is 9.30. The molecule has 4 rings (SSSR count). The van der Waals surface area contributed by atoms with Crippen LogP contribution in [0.4, 0.5) is 0 Å². The van der Waals surface area contributed by atoms with Crippen molar-refractivity contribution in [2.45, 2.75) is 0 Å². The fourth-order valence-electron chi connectivity index (χ4n) is 2.94. The second kappa shape index (κ2) is 5.15. The van der Waals surface area contributed by atoms with E-state index < -0.39 is 0 Å². The molecule has 0 aliphatic rings. The fourth-order valence-corrected chi connectivity index (χ4v) is 3.39. The molecule has 0 unspecified atom stereocenters. The largest absolute Gasteiger partial charge is 0.309 e. The van der Waals surface area contributed by atoms with Crippen molar-refractivity contribution in [1.29, 1.82) is 5.26 Å². The van der Waals surface area contributed by atoms with Gasteiger partial charge in [-0.3, -0.25) is 0 Å². The summed E-state index contributed by atoms with van der Waals surface area (Å²) in [5.41, 5.74) is 4.05. The number of rotatable bonds is 1. The summed E-state index contributed by atoms with van der Waals surface area (Å²) in [6.45, 7) is 0. The highest BCUT2D eigenvalue weighted by Gasteiger charge is 2.12. The standard InChI is InChI=1S/C19H11IN2/c20-17-10-9-14(11-13(17)12-21)22-18-7-3-1-5-15(18)16-6-2-4-8-19(16)22/h1-11H. The number of halogens is 1. The molecule has 0 saturated heterocycles. The Kier molecular flexibility index (Phi) is 3.12. The van der Waals surface area contributed by atoms with E-state index in [0.29, 0.717) is 5.56 Å². The van der Waals surface area contributed by atoms with E-state index in [-0.39, 0.29) is 0 Å². The molecular formula is C19H11IN2. The number of nitrogens with zero attached hydrogens (tertiary/aromatic N) is 2. The molecule has 0 bridgehead atoms. The third-order valence-electron chi connectivity index (χ3n) is 3.91. The Morgan fingerprint density at radius 1 is 0.818 bits per heavy atom. The zero-order chi connectivity index (χ0) is 15.1. The van der Waals surface area contributed by atoms with E-state index in [4.69, 9.17) is 0 Å². The predicted molar refractivity (Wildman–Crippen MR) is 98.2 cm³/mol. The molecule has 22 heavy (non-hydrogen) atoms. The molecule has 2 nitrogen and oxygen atoms in total. The van der Waals surface area contributed by atoms with Crippen LogP contribution >= 0.6 is 22.6 Å². The Balaban J connectivity index is 2.15. The molecule has 0 radical (unpaired) electrons. The van der Waals surface area contributed by atoms with Gasteiger partial charge in [0.05, 0.1) is 16.6 Å². The van der Waals surface area contributed by atoms with Crippen LogP contribution in [0.5, 0.6) is 0 Å². The van der Waals surface area contributed by atoms with Crippen LogP contribution in [-0.4, -0.2) is 4.57 Å². The topological polar surface area (TPSA) is 28.7 Å². The molecule has 0 fully saturated rings. The summed E-state index contributed by atoms with van der Waals surface area (Å²) in [5, 5.41) is 11.8. The first-order chi connectivity index (χ1) is 10.8. The van der Waals surface area contributed by atoms with Crippen molar-refractivity contribution in [3.8, 4) is 11.8 Å². The summed E-state index contributed by atoms with van der Waals surface area (Å²) in [4.78, 5) is 0. The van der Waals surface area contributed by atoms with E-state index in [9.17, 15) is 5.26 Å². The molecule has 0 amide bonds. The molecule has 0 N–H and O–H groups in total. The van der Waals surface area contributed by atoms with Gasteiger partial charge in [0.25, 0.3) is 0 Å². The van der Waals surface area contributed by atoms with Crippen molar-refractivity contribution >= 4 is 44.4 Å². The SMILES string of the molecule is N#Cc1cc(-n2c3ccccc3c3ccccc32)ccc1I. The molecule has 0 aliphatic heterocycles. The first-order valence-electron chi connectivity index (χ1n) is 6.98. The van der Waals surface area contributed by atoms with Crippen molar-refractivity contribution in [3.63, 3.8) is 0 Å². The zero-order valence-electron chi connectivity index (χ0n) is 11.6. The molecule has 0 atom stereocenters. The molecular weight excluding hydrogens is 383 g/mol. The first-order valence-corrected chi connectivity index (χ1v) is 8.05. The minimum Gasteiger partial charge on any atom is -0.309 e. The average molecular weight is 394 g/mol. The van der Waals surface area contributed by atoms with Crippen LogP contribution in [0.1, 0.15) is 5.56 Å². The van der Waals surface area contributed by atoms with Crippen LogP contribution in [0.3, 0.4) is 0 Å². The van der Waals surface area contributed by atoms with Crippen LogP contribution in [0, 0.1) is 14.9 Å². The van der Waals surface area contributed by atoms with E-state index in [1.54, 1.807) is 0 Å². The van der Waals surface area contributed by atoms with Crippen LogP contribution in [0.15, 0.2) is 66.7 Å². The van der Waals surface area contributed by atoms with Gasteiger partial charge < -0.3 is 4.57 Å². The zero-order valence-corrected chi connectivity index (χ0v) is 13.8. The summed E-state index contributed by atoms with van der Waals surface area (Å²) >= 11 is 2.20. The Bertz CT molecular complexity index is 1000. The van der Waals surface area contributed by atoms with E-state index in [0.717, 1.165) is 20.3 Å². The first kappa shape index (κ1) is 13.4. The number of fused-ring (bicyclic) bond motifs is 3. The van der Waals surface area contributed by atoms with Gasteiger partial charge in [-0.1, -0.05) is 36.4 Å². The normalized spacial score (nSPS) is 10.9. The molecule has 3 heteroatoms. The molecule has 3 aromatic carbocycles. The lowest BCUT2D eigenvalue weighted by atomic mass is 10.2. The summed E-state index contributed by atoms with van der Waals surface area (Å²) in [6, 6.07) is 25.1. The number of benzene rings is 3. The van der Waals surface area contributed by atoms with Crippen molar-refractivity contribution < 1.29 is 0 Å². The van der Waals surface area contributed by atoms with E-state index in [2.05, 4.69) is 87.8 Å².